The lowest BCUT2D eigenvalue weighted by Crippen LogP contribution is -2.27. The van der Waals surface area contributed by atoms with Crippen molar-refractivity contribution in [1.82, 2.24) is 0 Å². The van der Waals surface area contributed by atoms with Gasteiger partial charge in [-0.3, -0.25) is 4.90 Å². The van der Waals surface area contributed by atoms with Crippen LogP contribution in [-0.4, -0.2) is 31.5 Å². The van der Waals surface area contributed by atoms with Crippen LogP contribution in [0.25, 0.3) is 0 Å². The van der Waals surface area contributed by atoms with Crippen LogP contribution in [0.4, 0.5) is 19.3 Å². The molecule has 0 bridgehead atoms. The zero-order valence-corrected chi connectivity index (χ0v) is 10.2. The summed E-state index contributed by atoms with van der Waals surface area (Å²) in [7, 11) is 1.48. The molecule has 0 aromatic heterocycles. The molecule has 0 aliphatic heterocycles. The lowest BCUT2D eigenvalue weighted by molar-refractivity contribution is -0.0556. The van der Waals surface area contributed by atoms with Gasteiger partial charge in [0, 0.05) is 18.3 Å². The molecule has 0 spiro atoms. The number of hydrogen-bond acceptors (Lipinski definition) is 3. The molecule has 1 amide bonds. The fraction of sp³-hybridized carbons (Fsp3) is 0.417. The molecule has 100 valence electrons. The van der Waals surface area contributed by atoms with E-state index in [9.17, 15) is 13.6 Å². The number of nitrogens with zero attached hydrogens (tertiary/aromatic N) is 1. The third-order valence-electron chi connectivity index (χ3n) is 2.42. The summed E-state index contributed by atoms with van der Waals surface area (Å²) in [6.45, 7) is 0.667. The van der Waals surface area contributed by atoms with Gasteiger partial charge in [-0.05, 0) is 19.1 Å². The van der Waals surface area contributed by atoms with Crippen molar-refractivity contribution in [2.45, 2.75) is 12.8 Å². The highest BCUT2D eigenvalue weighted by atomic mass is 19.3. The van der Waals surface area contributed by atoms with Gasteiger partial charge in [0.2, 0.25) is 0 Å². The second-order valence-corrected chi connectivity index (χ2v) is 3.67. The summed E-state index contributed by atoms with van der Waals surface area (Å²) in [4.78, 5) is 12.6. The minimum absolute atomic E-state index is 0.240. The van der Waals surface area contributed by atoms with E-state index in [1.807, 2.05) is 0 Å². The van der Waals surface area contributed by atoms with Crippen LogP contribution in [0.15, 0.2) is 24.3 Å². The van der Waals surface area contributed by atoms with E-state index >= 15 is 0 Å². The minimum Gasteiger partial charge on any atom is -0.449 e. The summed E-state index contributed by atoms with van der Waals surface area (Å²) < 4.78 is 31.1. The largest absolute Gasteiger partial charge is 0.449 e. The first-order valence-corrected chi connectivity index (χ1v) is 5.42. The van der Waals surface area contributed by atoms with Crippen molar-refractivity contribution in [1.29, 1.82) is 0 Å². The van der Waals surface area contributed by atoms with Crippen LogP contribution in [0.2, 0.25) is 0 Å². The van der Waals surface area contributed by atoms with Crippen LogP contribution in [0.5, 0.6) is 0 Å². The van der Waals surface area contributed by atoms with E-state index in [0.29, 0.717) is 5.69 Å². The first-order valence-electron chi connectivity index (χ1n) is 5.42. The zero-order chi connectivity index (χ0) is 13.8. The van der Waals surface area contributed by atoms with E-state index in [4.69, 9.17) is 9.84 Å². The van der Waals surface area contributed by atoms with Crippen molar-refractivity contribution < 1.29 is 23.4 Å². The van der Waals surface area contributed by atoms with Gasteiger partial charge in [-0.15, -0.1) is 0 Å². The quantitative estimate of drug-likeness (QED) is 0.903. The Labute approximate surface area is 104 Å². The fourth-order valence-corrected chi connectivity index (χ4v) is 1.35. The number of alkyl halides is 2. The standard InChI is InChI=1S/C12H15F2NO3/c1-3-18-11(17)15(2)10-6-4-9(5-7-10)12(13,14)8-16/h4-7,16H,3,8H2,1-2H3. The number of aliphatic hydroxyl groups is 1. The van der Waals surface area contributed by atoms with Gasteiger partial charge in [-0.1, -0.05) is 12.1 Å². The maximum absolute atomic E-state index is 13.1. The van der Waals surface area contributed by atoms with E-state index in [2.05, 4.69) is 0 Å². The van der Waals surface area contributed by atoms with E-state index in [-0.39, 0.29) is 12.2 Å². The highest BCUT2D eigenvalue weighted by Crippen LogP contribution is 2.28. The summed E-state index contributed by atoms with van der Waals surface area (Å²) in [5.41, 5.74) is 0.136. The average molecular weight is 259 g/mol. The maximum atomic E-state index is 13.1. The Bertz CT molecular complexity index is 406. The molecule has 1 rings (SSSR count). The second-order valence-electron chi connectivity index (χ2n) is 3.67. The summed E-state index contributed by atoms with van der Waals surface area (Å²) in [5.74, 6) is -3.28. The van der Waals surface area contributed by atoms with E-state index in [1.165, 1.54) is 36.2 Å². The van der Waals surface area contributed by atoms with Crippen molar-refractivity contribution in [3.8, 4) is 0 Å². The highest BCUT2D eigenvalue weighted by molar-refractivity contribution is 5.86. The third kappa shape index (κ3) is 3.16. The van der Waals surface area contributed by atoms with Gasteiger partial charge in [0.05, 0.1) is 6.61 Å². The van der Waals surface area contributed by atoms with Crippen molar-refractivity contribution >= 4 is 11.8 Å². The summed E-state index contributed by atoms with van der Waals surface area (Å²) in [5, 5.41) is 8.55. The lowest BCUT2D eigenvalue weighted by Gasteiger charge is -2.18. The molecule has 4 nitrogen and oxygen atoms in total. The molecule has 1 N–H and O–H groups in total. The van der Waals surface area contributed by atoms with E-state index in [1.54, 1.807) is 6.92 Å². The molecule has 0 aliphatic rings. The van der Waals surface area contributed by atoms with Crippen LogP contribution in [-0.2, 0) is 10.7 Å². The SMILES string of the molecule is CCOC(=O)N(C)c1ccc(C(F)(F)CO)cc1. The first-order chi connectivity index (χ1) is 8.42. The van der Waals surface area contributed by atoms with Gasteiger partial charge in [0.15, 0.2) is 0 Å². The molecule has 1 aromatic carbocycles. The second kappa shape index (κ2) is 5.77. The monoisotopic (exact) mass is 259 g/mol. The van der Waals surface area contributed by atoms with E-state index < -0.39 is 18.6 Å². The van der Waals surface area contributed by atoms with Gasteiger partial charge in [-0.25, -0.2) is 4.79 Å². The maximum Gasteiger partial charge on any atom is 0.413 e. The van der Waals surface area contributed by atoms with Gasteiger partial charge >= 0.3 is 6.09 Å². The van der Waals surface area contributed by atoms with Crippen molar-refractivity contribution in [3.05, 3.63) is 29.8 Å². The Morgan fingerprint density at radius 1 is 1.39 bits per heavy atom. The van der Waals surface area contributed by atoms with Gasteiger partial charge in [-0.2, -0.15) is 8.78 Å². The van der Waals surface area contributed by atoms with Crippen LogP contribution in [0.1, 0.15) is 12.5 Å². The van der Waals surface area contributed by atoms with Crippen LogP contribution in [0, 0.1) is 0 Å². The molecule has 0 atom stereocenters. The number of carbonyl (C=O) groups excluding carboxylic acids is 1. The van der Waals surface area contributed by atoms with Crippen molar-refractivity contribution in [3.63, 3.8) is 0 Å². The number of amides is 1. The Kier molecular flexibility index (Phi) is 4.61. The highest BCUT2D eigenvalue weighted by Gasteiger charge is 2.30. The minimum atomic E-state index is -3.28. The number of rotatable bonds is 4. The third-order valence-corrected chi connectivity index (χ3v) is 2.42. The predicted octanol–water partition coefficient (Wildman–Crippen LogP) is 2.36. The first kappa shape index (κ1) is 14.4. The van der Waals surface area contributed by atoms with Crippen molar-refractivity contribution in [2.24, 2.45) is 0 Å². The van der Waals surface area contributed by atoms with Gasteiger partial charge < -0.3 is 9.84 Å². The molecule has 0 saturated heterocycles. The number of benzene rings is 1. The van der Waals surface area contributed by atoms with Gasteiger partial charge in [0.25, 0.3) is 5.92 Å². The van der Waals surface area contributed by atoms with Crippen LogP contribution < -0.4 is 4.90 Å². The number of carbonyl (C=O) groups is 1. The summed E-state index contributed by atoms with van der Waals surface area (Å²) >= 11 is 0. The molecule has 0 saturated carbocycles. The van der Waals surface area contributed by atoms with Crippen molar-refractivity contribution in [2.75, 3.05) is 25.2 Å². The molecule has 0 aliphatic carbocycles. The Balaban J connectivity index is 2.86. The number of aliphatic hydroxyl groups excluding tert-OH is 1. The summed E-state index contributed by atoms with van der Waals surface area (Å²) in [6, 6.07) is 5.08. The molecule has 0 fully saturated rings. The predicted molar refractivity (Wildman–Crippen MR) is 62.8 cm³/mol. The number of anilines is 1. The average Bonchev–Trinajstić information content (AvgIpc) is 2.38. The Hall–Kier alpha value is -1.69. The Morgan fingerprint density at radius 2 is 1.94 bits per heavy atom. The lowest BCUT2D eigenvalue weighted by atomic mass is 10.1. The molecule has 1 aromatic rings. The molecule has 0 unspecified atom stereocenters. The topological polar surface area (TPSA) is 49.8 Å². The number of ether oxygens (including phenoxy) is 1. The molecule has 0 radical (unpaired) electrons. The summed E-state index contributed by atoms with van der Waals surface area (Å²) in [6.07, 6.45) is -0.556. The molecule has 18 heavy (non-hydrogen) atoms. The van der Waals surface area contributed by atoms with Crippen LogP contribution >= 0.6 is 0 Å². The molecular weight excluding hydrogens is 244 g/mol. The normalized spacial score (nSPS) is 11.2. The zero-order valence-electron chi connectivity index (χ0n) is 10.2. The fourth-order valence-electron chi connectivity index (χ4n) is 1.35. The number of halogens is 2. The number of hydrogen-bond donors (Lipinski definition) is 1. The van der Waals surface area contributed by atoms with E-state index in [0.717, 1.165) is 0 Å². The van der Waals surface area contributed by atoms with Crippen LogP contribution in [0.3, 0.4) is 0 Å². The smallest absolute Gasteiger partial charge is 0.413 e. The van der Waals surface area contributed by atoms with Gasteiger partial charge in [0.1, 0.15) is 6.61 Å². The molecule has 0 heterocycles. The molecular formula is C12H15F2NO3. The Morgan fingerprint density at radius 3 is 2.39 bits per heavy atom. The molecule has 6 heteroatoms.